The zero-order chi connectivity index (χ0) is 20.0. The molecule has 2 atom stereocenters. The SMILES string of the molecule is CCCC(=O)N1CCCC(C(=O)N(C)CC(=O)N2CCCC(C(=O)O)C2)C1. The number of carboxylic acid groups (broad SMARTS) is 1. The van der Waals surface area contributed by atoms with Gasteiger partial charge in [-0.25, -0.2) is 0 Å². The third-order valence-electron chi connectivity index (χ3n) is 5.46. The summed E-state index contributed by atoms with van der Waals surface area (Å²) in [4.78, 5) is 53.2. The summed E-state index contributed by atoms with van der Waals surface area (Å²) < 4.78 is 0. The van der Waals surface area contributed by atoms with E-state index in [9.17, 15) is 19.2 Å². The first-order valence-corrected chi connectivity index (χ1v) is 9.86. The molecule has 8 heteroatoms. The lowest BCUT2D eigenvalue weighted by molar-refractivity contribution is -0.149. The summed E-state index contributed by atoms with van der Waals surface area (Å²) in [5.74, 6) is -1.93. The fourth-order valence-corrected chi connectivity index (χ4v) is 3.87. The summed E-state index contributed by atoms with van der Waals surface area (Å²) in [6.45, 7) is 3.76. The first kappa shape index (κ1) is 21.2. The number of hydrogen-bond acceptors (Lipinski definition) is 4. The molecule has 2 aliphatic heterocycles. The minimum Gasteiger partial charge on any atom is -0.481 e. The molecule has 1 N–H and O–H groups in total. The zero-order valence-electron chi connectivity index (χ0n) is 16.4. The summed E-state index contributed by atoms with van der Waals surface area (Å²) >= 11 is 0. The van der Waals surface area contributed by atoms with Gasteiger partial charge in [-0.3, -0.25) is 19.2 Å². The minimum absolute atomic E-state index is 0.0510. The predicted molar refractivity (Wildman–Crippen MR) is 98.8 cm³/mol. The molecule has 0 aromatic heterocycles. The smallest absolute Gasteiger partial charge is 0.308 e. The topological polar surface area (TPSA) is 98.2 Å². The van der Waals surface area contributed by atoms with Crippen molar-refractivity contribution >= 4 is 23.7 Å². The van der Waals surface area contributed by atoms with Crippen LogP contribution in [-0.4, -0.2) is 83.3 Å². The number of hydrogen-bond donors (Lipinski definition) is 1. The Morgan fingerprint density at radius 2 is 1.52 bits per heavy atom. The van der Waals surface area contributed by atoms with Gasteiger partial charge < -0.3 is 19.8 Å². The number of nitrogens with zero attached hydrogens (tertiary/aromatic N) is 3. The van der Waals surface area contributed by atoms with Crippen LogP contribution in [0.3, 0.4) is 0 Å². The van der Waals surface area contributed by atoms with Gasteiger partial charge >= 0.3 is 5.97 Å². The van der Waals surface area contributed by atoms with Crippen molar-refractivity contribution in [2.75, 3.05) is 39.8 Å². The van der Waals surface area contributed by atoms with E-state index in [1.54, 1.807) is 16.8 Å². The molecule has 2 fully saturated rings. The molecule has 0 aromatic carbocycles. The number of carbonyl (C=O) groups is 4. The van der Waals surface area contributed by atoms with Gasteiger partial charge in [-0.15, -0.1) is 0 Å². The highest BCUT2D eigenvalue weighted by atomic mass is 16.4. The van der Waals surface area contributed by atoms with Crippen molar-refractivity contribution in [1.82, 2.24) is 14.7 Å². The first-order valence-electron chi connectivity index (χ1n) is 9.86. The number of carbonyl (C=O) groups excluding carboxylic acids is 3. The van der Waals surface area contributed by atoms with Gasteiger partial charge in [-0.05, 0) is 32.1 Å². The fourth-order valence-electron chi connectivity index (χ4n) is 3.87. The summed E-state index contributed by atoms with van der Waals surface area (Å²) in [6.07, 6.45) is 4.04. The van der Waals surface area contributed by atoms with Crippen molar-refractivity contribution in [3.63, 3.8) is 0 Å². The number of rotatable bonds is 6. The molecule has 0 radical (unpaired) electrons. The Kier molecular flexibility index (Phi) is 7.62. The van der Waals surface area contributed by atoms with Crippen LogP contribution in [0.15, 0.2) is 0 Å². The molecule has 3 amide bonds. The Labute approximate surface area is 160 Å². The van der Waals surface area contributed by atoms with Gasteiger partial charge in [-0.2, -0.15) is 0 Å². The predicted octanol–water partition coefficient (Wildman–Crippen LogP) is 0.807. The van der Waals surface area contributed by atoms with Crippen LogP contribution in [0.4, 0.5) is 0 Å². The number of piperidine rings is 2. The van der Waals surface area contributed by atoms with E-state index in [1.807, 2.05) is 6.92 Å². The molecular formula is C19H31N3O5. The quantitative estimate of drug-likeness (QED) is 0.734. The maximum Gasteiger partial charge on any atom is 0.308 e. The second-order valence-corrected chi connectivity index (χ2v) is 7.64. The molecule has 2 heterocycles. The highest BCUT2D eigenvalue weighted by Crippen LogP contribution is 2.20. The van der Waals surface area contributed by atoms with Crippen molar-refractivity contribution in [2.24, 2.45) is 11.8 Å². The maximum atomic E-state index is 12.7. The van der Waals surface area contributed by atoms with Gasteiger partial charge in [0.05, 0.1) is 18.4 Å². The second-order valence-electron chi connectivity index (χ2n) is 7.64. The molecule has 2 unspecified atom stereocenters. The van der Waals surface area contributed by atoms with E-state index < -0.39 is 11.9 Å². The molecule has 0 spiro atoms. The Bertz CT molecular complexity index is 580. The number of amides is 3. The van der Waals surface area contributed by atoms with Crippen molar-refractivity contribution in [1.29, 1.82) is 0 Å². The normalized spacial score (nSPS) is 23.0. The molecule has 0 bridgehead atoms. The molecule has 0 saturated carbocycles. The highest BCUT2D eigenvalue weighted by molar-refractivity contribution is 5.87. The van der Waals surface area contributed by atoms with Gasteiger partial charge in [0.2, 0.25) is 17.7 Å². The third-order valence-corrected chi connectivity index (χ3v) is 5.46. The molecule has 27 heavy (non-hydrogen) atoms. The average Bonchev–Trinajstić information content (AvgIpc) is 2.67. The van der Waals surface area contributed by atoms with Crippen molar-refractivity contribution in [3.8, 4) is 0 Å². The summed E-state index contributed by atoms with van der Waals surface area (Å²) in [7, 11) is 1.60. The van der Waals surface area contributed by atoms with Crippen LogP contribution in [0.25, 0.3) is 0 Å². The van der Waals surface area contributed by atoms with Crippen LogP contribution in [0.5, 0.6) is 0 Å². The van der Waals surface area contributed by atoms with Gasteiger partial charge in [0.15, 0.2) is 0 Å². The molecular weight excluding hydrogens is 350 g/mol. The lowest BCUT2D eigenvalue weighted by Gasteiger charge is -2.35. The third kappa shape index (κ3) is 5.68. The molecule has 0 aliphatic carbocycles. The molecule has 2 aliphatic rings. The highest BCUT2D eigenvalue weighted by Gasteiger charge is 2.32. The largest absolute Gasteiger partial charge is 0.481 e. The van der Waals surface area contributed by atoms with Crippen LogP contribution < -0.4 is 0 Å². The van der Waals surface area contributed by atoms with Crippen LogP contribution in [0.2, 0.25) is 0 Å². The van der Waals surface area contributed by atoms with Gasteiger partial charge in [0.25, 0.3) is 0 Å². The number of carboxylic acids is 1. The second kappa shape index (κ2) is 9.71. The van der Waals surface area contributed by atoms with E-state index >= 15 is 0 Å². The summed E-state index contributed by atoms with van der Waals surface area (Å²) in [5, 5.41) is 9.15. The lowest BCUT2D eigenvalue weighted by Crippen LogP contribution is -2.50. The molecule has 0 aromatic rings. The van der Waals surface area contributed by atoms with Crippen LogP contribution in [0.1, 0.15) is 45.4 Å². The van der Waals surface area contributed by atoms with E-state index in [2.05, 4.69) is 0 Å². The Balaban J connectivity index is 1.88. The van der Waals surface area contributed by atoms with Crippen molar-refractivity contribution in [2.45, 2.75) is 45.4 Å². The monoisotopic (exact) mass is 381 g/mol. The molecule has 2 saturated heterocycles. The van der Waals surface area contributed by atoms with E-state index in [0.29, 0.717) is 38.9 Å². The van der Waals surface area contributed by atoms with Crippen LogP contribution in [-0.2, 0) is 19.2 Å². The summed E-state index contributed by atoms with van der Waals surface area (Å²) in [5.41, 5.74) is 0. The standard InChI is InChI=1S/C19H31N3O5/c1-3-6-16(23)21-9-4-7-14(11-21)18(25)20(2)13-17(24)22-10-5-8-15(12-22)19(26)27/h14-15H,3-13H2,1-2H3,(H,26,27). The number of likely N-dealkylation sites (tertiary alicyclic amines) is 2. The number of likely N-dealkylation sites (N-methyl/N-ethyl adjacent to an activating group) is 1. The minimum atomic E-state index is -0.879. The van der Waals surface area contributed by atoms with E-state index in [-0.39, 0.29) is 36.7 Å². The van der Waals surface area contributed by atoms with Crippen LogP contribution in [0, 0.1) is 11.8 Å². The maximum absolute atomic E-state index is 12.7. The van der Waals surface area contributed by atoms with E-state index in [4.69, 9.17) is 5.11 Å². The molecule has 8 nitrogen and oxygen atoms in total. The lowest BCUT2D eigenvalue weighted by atomic mass is 9.96. The van der Waals surface area contributed by atoms with Gasteiger partial charge in [0.1, 0.15) is 0 Å². The first-order chi connectivity index (χ1) is 12.8. The van der Waals surface area contributed by atoms with E-state index in [0.717, 1.165) is 19.3 Å². The molecule has 152 valence electrons. The Hall–Kier alpha value is -2.12. The van der Waals surface area contributed by atoms with Gasteiger partial charge in [0, 0.05) is 39.6 Å². The van der Waals surface area contributed by atoms with Crippen molar-refractivity contribution in [3.05, 3.63) is 0 Å². The zero-order valence-corrected chi connectivity index (χ0v) is 16.4. The van der Waals surface area contributed by atoms with Crippen LogP contribution >= 0.6 is 0 Å². The summed E-state index contributed by atoms with van der Waals surface area (Å²) in [6, 6.07) is 0. The molecule has 2 rings (SSSR count). The van der Waals surface area contributed by atoms with Crippen molar-refractivity contribution < 1.29 is 24.3 Å². The van der Waals surface area contributed by atoms with Gasteiger partial charge in [-0.1, -0.05) is 6.92 Å². The van der Waals surface area contributed by atoms with E-state index in [1.165, 1.54) is 4.90 Å². The average molecular weight is 381 g/mol. The number of aliphatic carboxylic acids is 1. The Morgan fingerprint density at radius 3 is 2.11 bits per heavy atom. The Morgan fingerprint density at radius 1 is 0.963 bits per heavy atom. The fraction of sp³-hybridized carbons (Fsp3) is 0.789.